The molecule has 0 heterocycles. The SMILES string of the molecule is N.N.[Cu+2].[O-]c1c(Br)cc(Br)cc1Br.[O-]c1c(Br)cc(Br)cc1Br. The zero-order chi connectivity index (χ0) is 15.4. The molecule has 0 saturated heterocycles. The van der Waals surface area contributed by atoms with Crippen molar-refractivity contribution >= 4 is 95.6 Å². The Hall–Kier alpha value is 1.36. The maximum atomic E-state index is 11.0. The van der Waals surface area contributed by atoms with Gasteiger partial charge in [0.1, 0.15) is 0 Å². The van der Waals surface area contributed by atoms with Crippen molar-refractivity contribution in [1.29, 1.82) is 0 Å². The van der Waals surface area contributed by atoms with E-state index < -0.39 is 0 Å². The van der Waals surface area contributed by atoms with E-state index in [4.69, 9.17) is 0 Å². The Kier molecular flexibility index (Phi) is 17.2. The monoisotopic (exact) mass is 751 g/mol. The van der Waals surface area contributed by atoms with Gasteiger partial charge in [-0.15, -0.1) is 0 Å². The van der Waals surface area contributed by atoms with Crippen molar-refractivity contribution in [2.75, 3.05) is 0 Å². The van der Waals surface area contributed by atoms with Crippen molar-refractivity contribution in [2.45, 2.75) is 0 Å². The van der Waals surface area contributed by atoms with Gasteiger partial charge in [0, 0.05) is 26.8 Å². The molecule has 0 amide bonds. The number of hydrogen-bond donors (Lipinski definition) is 2. The molecular weight excluding hydrogens is 747 g/mol. The van der Waals surface area contributed by atoms with E-state index in [1.807, 2.05) is 0 Å². The molecular formula is C12H10Br6CuN2O2. The molecule has 0 bridgehead atoms. The maximum Gasteiger partial charge on any atom is 2.00 e. The first-order valence-corrected chi connectivity index (χ1v) is 9.61. The summed E-state index contributed by atoms with van der Waals surface area (Å²) in [6.07, 6.45) is 0. The molecule has 0 aliphatic heterocycles. The average molecular weight is 757 g/mol. The van der Waals surface area contributed by atoms with Crippen molar-refractivity contribution in [3.63, 3.8) is 0 Å². The third kappa shape index (κ3) is 9.58. The third-order valence-corrected chi connectivity index (χ3v) is 5.20. The van der Waals surface area contributed by atoms with Gasteiger partial charge in [-0.05, 0) is 24.3 Å². The van der Waals surface area contributed by atoms with Crippen molar-refractivity contribution in [3.8, 4) is 11.5 Å². The van der Waals surface area contributed by atoms with Gasteiger partial charge < -0.3 is 22.5 Å². The first-order valence-electron chi connectivity index (χ1n) is 4.85. The minimum atomic E-state index is -0.0248. The molecule has 0 aromatic heterocycles. The molecule has 11 heteroatoms. The number of rotatable bonds is 0. The fourth-order valence-corrected chi connectivity index (χ4v) is 5.58. The van der Waals surface area contributed by atoms with E-state index in [0.717, 1.165) is 8.95 Å². The predicted molar refractivity (Wildman–Crippen MR) is 108 cm³/mol. The van der Waals surface area contributed by atoms with Crippen LogP contribution < -0.4 is 22.5 Å². The van der Waals surface area contributed by atoms with Crippen molar-refractivity contribution in [2.24, 2.45) is 0 Å². The van der Waals surface area contributed by atoms with E-state index in [0.29, 0.717) is 17.9 Å². The van der Waals surface area contributed by atoms with Crippen LogP contribution >= 0.6 is 95.6 Å². The van der Waals surface area contributed by atoms with Crippen molar-refractivity contribution < 1.29 is 27.3 Å². The number of hydrogen-bond acceptors (Lipinski definition) is 4. The molecule has 0 fully saturated rings. The second-order valence-electron chi connectivity index (χ2n) is 3.40. The molecule has 0 aliphatic carbocycles. The van der Waals surface area contributed by atoms with Gasteiger partial charge in [0.15, 0.2) is 0 Å². The second-order valence-corrected chi connectivity index (χ2v) is 8.65. The standard InChI is InChI=1S/2C6H3Br3O.Cu.2H3N/c2*7-3-1-4(8)6(10)5(9)2-3;;;/h2*1-2,10H;;2*1H3/q;;+2;;/p-2. The van der Waals surface area contributed by atoms with Gasteiger partial charge in [-0.1, -0.05) is 107 Å². The van der Waals surface area contributed by atoms with E-state index in [-0.39, 0.29) is 40.9 Å². The Balaban J connectivity index is -0.000000308. The molecule has 2 rings (SSSR count). The summed E-state index contributed by atoms with van der Waals surface area (Å²) in [5.74, 6) is -0.0496. The zero-order valence-corrected chi connectivity index (χ0v) is 21.6. The Morgan fingerprint density at radius 2 is 0.696 bits per heavy atom. The molecule has 4 nitrogen and oxygen atoms in total. The fourth-order valence-electron chi connectivity index (χ4n) is 1.06. The normalized spacial score (nSPS) is 8.61. The minimum absolute atomic E-state index is 0. The molecule has 0 aliphatic rings. The third-order valence-electron chi connectivity index (χ3n) is 1.93. The average Bonchev–Trinajstić information content (AvgIpc) is 2.33. The first kappa shape index (κ1) is 29.1. The van der Waals surface area contributed by atoms with Crippen LogP contribution in [-0.4, -0.2) is 0 Å². The van der Waals surface area contributed by atoms with E-state index in [1.165, 1.54) is 0 Å². The summed E-state index contributed by atoms with van der Waals surface area (Å²) in [6.45, 7) is 0. The van der Waals surface area contributed by atoms with Crippen LogP contribution in [0.5, 0.6) is 11.5 Å². The largest absolute Gasteiger partial charge is 2.00 e. The summed E-state index contributed by atoms with van der Waals surface area (Å²) < 4.78 is 4.02. The summed E-state index contributed by atoms with van der Waals surface area (Å²) >= 11 is 19.0. The Bertz CT molecular complexity index is 543. The van der Waals surface area contributed by atoms with Gasteiger partial charge >= 0.3 is 17.1 Å². The molecule has 2 aromatic rings. The van der Waals surface area contributed by atoms with Crippen LogP contribution in [0.2, 0.25) is 0 Å². The van der Waals surface area contributed by atoms with E-state index >= 15 is 0 Å². The van der Waals surface area contributed by atoms with Crippen LogP contribution in [0.15, 0.2) is 51.1 Å². The van der Waals surface area contributed by atoms with Crippen LogP contribution in [0.1, 0.15) is 0 Å². The first-order chi connectivity index (χ1) is 9.22. The topological polar surface area (TPSA) is 116 Å². The molecule has 0 saturated carbocycles. The van der Waals surface area contributed by atoms with Crippen LogP contribution in [0.25, 0.3) is 0 Å². The molecule has 2 aromatic carbocycles. The molecule has 0 atom stereocenters. The zero-order valence-electron chi connectivity index (χ0n) is 11.1. The summed E-state index contributed by atoms with van der Waals surface area (Å²) in [6, 6.07) is 6.86. The van der Waals surface area contributed by atoms with Crippen LogP contribution in [0, 0.1) is 0 Å². The molecule has 0 spiro atoms. The van der Waals surface area contributed by atoms with Crippen molar-refractivity contribution in [1.82, 2.24) is 12.3 Å². The summed E-state index contributed by atoms with van der Waals surface area (Å²) in [7, 11) is 0. The van der Waals surface area contributed by atoms with Crippen molar-refractivity contribution in [3.05, 3.63) is 51.1 Å². The smallest absolute Gasteiger partial charge is 0.871 e. The van der Waals surface area contributed by atoms with Crippen LogP contribution in [0.3, 0.4) is 0 Å². The van der Waals surface area contributed by atoms with E-state index in [9.17, 15) is 10.2 Å². The fraction of sp³-hybridized carbons (Fsp3) is 0. The summed E-state index contributed by atoms with van der Waals surface area (Å²) in [4.78, 5) is 0. The van der Waals surface area contributed by atoms with Crippen LogP contribution in [-0.2, 0) is 17.1 Å². The van der Waals surface area contributed by atoms with E-state index in [1.54, 1.807) is 24.3 Å². The molecule has 0 unspecified atom stereocenters. The van der Waals surface area contributed by atoms with Gasteiger partial charge in [-0.3, -0.25) is 0 Å². The predicted octanol–water partition coefficient (Wildman–Crippen LogP) is 6.42. The van der Waals surface area contributed by atoms with Gasteiger partial charge in [0.2, 0.25) is 0 Å². The molecule has 23 heavy (non-hydrogen) atoms. The van der Waals surface area contributed by atoms with Gasteiger partial charge in [0.05, 0.1) is 0 Å². The number of benzene rings is 2. The molecule has 133 valence electrons. The summed E-state index contributed by atoms with van der Waals surface area (Å²) in [5.41, 5.74) is 0. The van der Waals surface area contributed by atoms with Gasteiger partial charge in [-0.25, -0.2) is 0 Å². The Morgan fingerprint density at radius 3 is 0.870 bits per heavy atom. The Labute approximate surface area is 195 Å². The van der Waals surface area contributed by atoms with E-state index in [2.05, 4.69) is 95.6 Å². The van der Waals surface area contributed by atoms with Gasteiger partial charge in [-0.2, -0.15) is 0 Å². The second kappa shape index (κ2) is 13.5. The maximum absolute atomic E-state index is 11.0. The molecule has 6 N–H and O–H groups in total. The number of halogens is 6. The summed E-state index contributed by atoms with van der Waals surface area (Å²) in [5, 5.41) is 22.0. The minimum Gasteiger partial charge on any atom is -0.871 e. The van der Waals surface area contributed by atoms with Crippen LogP contribution in [0.4, 0.5) is 0 Å². The molecule has 1 radical (unpaired) electrons. The van der Waals surface area contributed by atoms with Gasteiger partial charge in [0.25, 0.3) is 0 Å². The Morgan fingerprint density at radius 1 is 0.522 bits per heavy atom. The quantitative estimate of drug-likeness (QED) is 0.302.